The minimum atomic E-state index is -0.525. The van der Waals surface area contributed by atoms with E-state index < -0.39 is 5.60 Å². The lowest BCUT2D eigenvalue weighted by Gasteiger charge is -2.45. The zero-order valence-corrected chi connectivity index (χ0v) is 13.9. The summed E-state index contributed by atoms with van der Waals surface area (Å²) in [6.07, 6.45) is 9.20. The van der Waals surface area contributed by atoms with Crippen molar-refractivity contribution in [2.24, 2.45) is 23.2 Å². The summed E-state index contributed by atoms with van der Waals surface area (Å²) in [6.45, 7) is 8.64. The Kier molecular flexibility index (Phi) is 4.86. The molecule has 2 aliphatic rings. The summed E-state index contributed by atoms with van der Waals surface area (Å²) in [7, 11) is 0. The average Bonchev–Trinajstić information content (AvgIpc) is 2.66. The van der Waals surface area contributed by atoms with E-state index in [1.54, 1.807) is 0 Å². The Morgan fingerprint density at radius 1 is 1.25 bits per heavy atom. The SMILES string of the molecule is CC(CCCC(C)(C)O)C1CCC2C(O)CCC[C@]12C. The Hall–Kier alpha value is -0.0800. The monoisotopic (exact) mass is 282 g/mol. The molecule has 0 heterocycles. The molecule has 2 fully saturated rings. The van der Waals surface area contributed by atoms with E-state index in [0.29, 0.717) is 11.3 Å². The lowest BCUT2D eigenvalue weighted by atomic mass is 9.61. The van der Waals surface area contributed by atoms with E-state index in [4.69, 9.17) is 0 Å². The number of rotatable bonds is 5. The number of aliphatic hydroxyl groups is 2. The molecular weight excluding hydrogens is 248 g/mol. The minimum absolute atomic E-state index is 0.0534. The molecule has 2 saturated carbocycles. The summed E-state index contributed by atoms with van der Waals surface area (Å²) < 4.78 is 0. The molecule has 0 radical (unpaired) electrons. The van der Waals surface area contributed by atoms with Crippen molar-refractivity contribution < 1.29 is 10.2 Å². The van der Waals surface area contributed by atoms with Crippen molar-refractivity contribution in [3.8, 4) is 0 Å². The largest absolute Gasteiger partial charge is 0.393 e. The molecule has 0 aromatic carbocycles. The number of hydrogen-bond acceptors (Lipinski definition) is 2. The van der Waals surface area contributed by atoms with E-state index in [-0.39, 0.29) is 6.10 Å². The van der Waals surface area contributed by atoms with Gasteiger partial charge in [-0.1, -0.05) is 33.1 Å². The molecule has 0 saturated heterocycles. The highest BCUT2D eigenvalue weighted by atomic mass is 16.3. The summed E-state index contributed by atoms with van der Waals surface area (Å²) in [5, 5.41) is 20.1. The van der Waals surface area contributed by atoms with Crippen LogP contribution in [0, 0.1) is 23.2 Å². The zero-order valence-electron chi connectivity index (χ0n) is 13.9. The molecule has 0 aliphatic heterocycles. The standard InChI is InChI=1S/C18H34O2/c1-13(7-5-11-17(2,3)20)14-9-10-15-16(19)8-6-12-18(14,15)4/h13-16,19-20H,5-12H2,1-4H3/t13?,14?,15?,16?,18-/m1/s1. The fourth-order valence-electron chi connectivity index (χ4n) is 5.18. The maximum atomic E-state index is 10.3. The molecule has 0 aromatic rings. The van der Waals surface area contributed by atoms with E-state index in [9.17, 15) is 10.2 Å². The molecule has 0 aromatic heterocycles. The van der Waals surface area contributed by atoms with Crippen LogP contribution in [0.15, 0.2) is 0 Å². The fourth-order valence-corrected chi connectivity index (χ4v) is 5.18. The maximum absolute atomic E-state index is 10.3. The van der Waals surface area contributed by atoms with Gasteiger partial charge < -0.3 is 10.2 Å². The van der Waals surface area contributed by atoms with Gasteiger partial charge in [-0.3, -0.25) is 0 Å². The topological polar surface area (TPSA) is 40.5 Å². The van der Waals surface area contributed by atoms with Crippen LogP contribution in [0.25, 0.3) is 0 Å². The summed E-state index contributed by atoms with van der Waals surface area (Å²) in [5.74, 6) is 2.03. The van der Waals surface area contributed by atoms with Gasteiger partial charge in [0.05, 0.1) is 11.7 Å². The van der Waals surface area contributed by atoms with Crippen molar-refractivity contribution in [2.75, 3.05) is 0 Å². The Balaban J connectivity index is 1.92. The first-order chi connectivity index (χ1) is 9.24. The quantitative estimate of drug-likeness (QED) is 0.795. The predicted octanol–water partition coefficient (Wildman–Crippen LogP) is 4.14. The van der Waals surface area contributed by atoms with Crippen LogP contribution in [0.1, 0.15) is 79.1 Å². The summed E-state index contributed by atoms with van der Waals surface area (Å²) in [6, 6.07) is 0. The molecule has 2 rings (SSSR count). The first-order valence-electron chi connectivity index (χ1n) is 8.64. The molecular formula is C18H34O2. The van der Waals surface area contributed by atoms with Gasteiger partial charge in [-0.25, -0.2) is 0 Å². The number of hydrogen-bond donors (Lipinski definition) is 2. The average molecular weight is 282 g/mol. The molecule has 0 amide bonds. The van der Waals surface area contributed by atoms with Crippen LogP contribution in [0.5, 0.6) is 0 Å². The second-order valence-corrected chi connectivity index (χ2v) is 8.44. The summed E-state index contributed by atoms with van der Waals surface area (Å²) in [4.78, 5) is 0. The van der Waals surface area contributed by atoms with Crippen molar-refractivity contribution in [3.05, 3.63) is 0 Å². The Labute approximate surface area is 125 Å². The van der Waals surface area contributed by atoms with Gasteiger partial charge >= 0.3 is 0 Å². The summed E-state index contributed by atoms with van der Waals surface area (Å²) >= 11 is 0. The zero-order chi connectivity index (χ0) is 15.0. The highest BCUT2D eigenvalue weighted by Gasteiger charge is 2.51. The van der Waals surface area contributed by atoms with Crippen molar-refractivity contribution in [2.45, 2.75) is 90.8 Å². The van der Waals surface area contributed by atoms with Crippen molar-refractivity contribution in [1.82, 2.24) is 0 Å². The van der Waals surface area contributed by atoms with Crippen molar-refractivity contribution in [3.63, 3.8) is 0 Å². The third-order valence-corrected chi connectivity index (χ3v) is 6.30. The molecule has 2 heteroatoms. The lowest BCUT2D eigenvalue weighted by molar-refractivity contribution is -0.0283. The third kappa shape index (κ3) is 3.39. The highest BCUT2D eigenvalue weighted by molar-refractivity contribution is 5.01. The molecule has 2 nitrogen and oxygen atoms in total. The van der Waals surface area contributed by atoms with Crippen LogP contribution in [-0.2, 0) is 0 Å². The number of fused-ring (bicyclic) bond motifs is 1. The van der Waals surface area contributed by atoms with Gasteiger partial charge in [0.2, 0.25) is 0 Å². The van der Waals surface area contributed by atoms with Gasteiger partial charge in [0.1, 0.15) is 0 Å². The van der Waals surface area contributed by atoms with Crippen LogP contribution in [0.3, 0.4) is 0 Å². The molecule has 118 valence electrons. The van der Waals surface area contributed by atoms with Gasteiger partial charge in [0.15, 0.2) is 0 Å². The normalized spacial score (nSPS) is 39.6. The lowest BCUT2D eigenvalue weighted by Crippen LogP contribution is -2.41. The maximum Gasteiger partial charge on any atom is 0.0591 e. The van der Waals surface area contributed by atoms with Gasteiger partial charge in [0.25, 0.3) is 0 Å². The molecule has 2 N–H and O–H groups in total. The minimum Gasteiger partial charge on any atom is -0.393 e. The van der Waals surface area contributed by atoms with Crippen LogP contribution in [-0.4, -0.2) is 21.9 Å². The van der Waals surface area contributed by atoms with Crippen LogP contribution < -0.4 is 0 Å². The molecule has 5 atom stereocenters. The first-order valence-corrected chi connectivity index (χ1v) is 8.64. The Morgan fingerprint density at radius 3 is 2.60 bits per heavy atom. The number of aliphatic hydroxyl groups excluding tert-OH is 1. The van der Waals surface area contributed by atoms with E-state index >= 15 is 0 Å². The highest BCUT2D eigenvalue weighted by Crippen LogP contribution is 2.58. The van der Waals surface area contributed by atoms with Crippen LogP contribution >= 0.6 is 0 Å². The van der Waals surface area contributed by atoms with Gasteiger partial charge in [-0.2, -0.15) is 0 Å². The van der Waals surface area contributed by atoms with Gasteiger partial charge in [-0.15, -0.1) is 0 Å². The van der Waals surface area contributed by atoms with E-state index in [0.717, 1.165) is 31.1 Å². The van der Waals surface area contributed by atoms with E-state index in [2.05, 4.69) is 13.8 Å². The molecule has 2 aliphatic carbocycles. The van der Waals surface area contributed by atoms with Gasteiger partial charge in [0, 0.05) is 0 Å². The Morgan fingerprint density at radius 2 is 1.95 bits per heavy atom. The smallest absolute Gasteiger partial charge is 0.0591 e. The molecule has 20 heavy (non-hydrogen) atoms. The predicted molar refractivity (Wildman–Crippen MR) is 83.5 cm³/mol. The molecule has 0 spiro atoms. The van der Waals surface area contributed by atoms with E-state index in [1.165, 1.54) is 32.1 Å². The molecule has 0 bridgehead atoms. The second-order valence-electron chi connectivity index (χ2n) is 8.44. The van der Waals surface area contributed by atoms with Crippen LogP contribution in [0.2, 0.25) is 0 Å². The fraction of sp³-hybridized carbons (Fsp3) is 1.00. The molecule has 4 unspecified atom stereocenters. The van der Waals surface area contributed by atoms with Crippen LogP contribution in [0.4, 0.5) is 0 Å². The second kappa shape index (κ2) is 5.96. The third-order valence-electron chi connectivity index (χ3n) is 6.30. The Bertz CT molecular complexity index is 320. The van der Waals surface area contributed by atoms with Gasteiger partial charge in [-0.05, 0) is 69.1 Å². The van der Waals surface area contributed by atoms with E-state index in [1.807, 2.05) is 13.8 Å². The van der Waals surface area contributed by atoms with Crippen molar-refractivity contribution in [1.29, 1.82) is 0 Å². The first kappa shape index (κ1) is 16.3. The van der Waals surface area contributed by atoms with Crippen molar-refractivity contribution >= 4 is 0 Å². The summed E-state index contributed by atoms with van der Waals surface area (Å²) in [5.41, 5.74) is -0.158.